The minimum absolute atomic E-state index is 0.0683. The molecule has 0 atom stereocenters. The maximum atomic E-state index is 10.9. The molecule has 1 amide bonds. The van der Waals surface area contributed by atoms with Crippen molar-refractivity contribution in [3.05, 3.63) is 12.7 Å². The highest BCUT2D eigenvalue weighted by molar-refractivity contribution is 5.86. The van der Waals surface area contributed by atoms with Crippen molar-refractivity contribution >= 4 is 5.91 Å². The molecule has 0 fully saturated rings. The standard InChI is InChI=1S/C16H31NO2/c1-2-16(19)17-14-12-10-8-6-4-3-5-7-9-11-13-15-18/h2,18H,1,3-15H2,(H,17,19). The molecule has 0 heterocycles. The summed E-state index contributed by atoms with van der Waals surface area (Å²) in [6.45, 7) is 4.53. The van der Waals surface area contributed by atoms with Gasteiger partial charge in [0, 0.05) is 13.2 Å². The number of rotatable bonds is 14. The first-order valence-corrected chi connectivity index (χ1v) is 7.82. The van der Waals surface area contributed by atoms with Crippen LogP contribution >= 0.6 is 0 Å². The maximum absolute atomic E-state index is 10.9. The molecule has 3 nitrogen and oxygen atoms in total. The molecule has 112 valence electrons. The van der Waals surface area contributed by atoms with Gasteiger partial charge in [-0.1, -0.05) is 64.4 Å². The lowest BCUT2D eigenvalue weighted by atomic mass is 10.1. The van der Waals surface area contributed by atoms with Crippen molar-refractivity contribution in [3.63, 3.8) is 0 Å². The molecule has 0 saturated carbocycles. The van der Waals surface area contributed by atoms with Crippen LogP contribution in [-0.2, 0) is 4.79 Å². The van der Waals surface area contributed by atoms with E-state index >= 15 is 0 Å². The molecule has 0 spiro atoms. The highest BCUT2D eigenvalue weighted by atomic mass is 16.2. The normalized spacial score (nSPS) is 10.4. The quantitative estimate of drug-likeness (QED) is 0.374. The summed E-state index contributed by atoms with van der Waals surface area (Å²) in [5.41, 5.74) is 0. The monoisotopic (exact) mass is 269 g/mol. The van der Waals surface area contributed by atoms with Crippen molar-refractivity contribution in [1.82, 2.24) is 5.32 Å². The van der Waals surface area contributed by atoms with Crippen LogP contribution in [0.15, 0.2) is 12.7 Å². The van der Waals surface area contributed by atoms with E-state index in [1.165, 1.54) is 63.9 Å². The second-order valence-electron chi connectivity index (χ2n) is 5.11. The number of hydrogen-bond donors (Lipinski definition) is 2. The summed E-state index contributed by atoms with van der Waals surface area (Å²) in [6.07, 6.45) is 14.9. The van der Waals surface area contributed by atoms with Crippen LogP contribution in [0.1, 0.15) is 70.6 Å². The number of carbonyl (C=O) groups excluding carboxylic acids is 1. The van der Waals surface area contributed by atoms with Gasteiger partial charge in [-0.15, -0.1) is 0 Å². The Morgan fingerprint density at radius 1 is 0.842 bits per heavy atom. The minimum atomic E-state index is -0.0683. The molecule has 0 bridgehead atoms. The van der Waals surface area contributed by atoms with Crippen LogP contribution in [0.25, 0.3) is 0 Å². The Bertz CT molecular complexity index is 217. The fraction of sp³-hybridized carbons (Fsp3) is 0.812. The van der Waals surface area contributed by atoms with Crippen LogP contribution in [0.4, 0.5) is 0 Å². The molecular weight excluding hydrogens is 238 g/mol. The Labute approximate surface area is 118 Å². The Hall–Kier alpha value is -0.830. The lowest BCUT2D eigenvalue weighted by molar-refractivity contribution is -0.116. The van der Waals surface area contributed by atoms with Crippen molar-refractivity contribution in [3.8, 4) is 0 Å². The van der Waals surface area contributed by atoms with Gasteiger partial charge in [0.2, 0.25) is 5.91 Å². The van der Waals surface area contributed by atoms with Gasteiger partial charge < -0.3 is 10.4 Å². The van der Waals surface area contributed by atoms with Crippen LogP contribution in [-0.4, -0.2) is 24.2 Å². The van der Waals surface area contributed by atoms with Gasteiger partial charge in [0.1, 0.15) is 0 Å². The predicted octanol–water partition coefficient (Wildman–Crippen LogP) is 3.57. The largest absolute Gasteiger partial charge is 0.396 e. The van der Waals surface area contributed by atoms with Gasteiger partial charge in [-0.3, -0.25) is 4.79 Å². The molecular formula is C16H31NO2. The van der Waals surface area contributed by atoms with Crippen molar-refractivity contribution in [2.24, 2.45) is 0 Å². The second kappa shape index (κ2) is 15.2. The highest BCUT2D eigenvalue weighted by Crippen LogP contribution is 2.10. The SMILES string of the molecule is C=CC(=O)NCCCCCCCCCCCCCO. The fourth-order valence-electron chi connectivity index (χ4n) is 2.11. The third kappa shape index (κ3) is 15.1. The molecule has 0 aromatic carbocycles. The first-order valence-electron chi connectivity index (χ1n) is 7.82. The smallest absolute Gasteiger partial charge is 0.243 e. The summed E-state index contributed by atoms with van der Waals surface area (Å²) in [5, 5.41) is 11.4. The summed E-state index contributed by atoms with van der Waals surface area (Å²) >= 11 is 0. The summed E-state index contributed by atoms with van der Waals surface area (Å²) in [6, 6.07) is 0. The summed E-state index contributed by atoms with van der Waals surface area (Å²) in [7, 11) is 0. The van der Waals surface area contributed by atoms with E-state index in [2.05, 4.69) is 11.9 Å². The predicted molar refractivity (Wildman–Crippen MR) is 81.1 cm³/mol. The van der Waals surface area contributed by atoms with Crippen molar-refractivity contribution in [2.45, 2.75) is 70.6 Å². The van der Waals surface area contributed by atoms with E-state index in [0.29, 0.717) is 6.61 Å². The van der Waals surface area contributed by atoms with Gasteiger partial charge in [0.05, 0.1) is 0 Å². The first-order chi connectivity index (χ1) is 9.31. The average Bonchev–Trinajstić information content (AvgIpc) is 2.43. The summed E-state index contributed by atoms with van der Waals surface area (Å²) in [5.74, 6) is -0.0683. The molecule has 0 aliphatic rings. The number of amides is 1. The lowest BCUT2D eigenvalue weighted by Gasteiger charge is -2.03. The molecule has 0 aliphatic carbocycles. The van der Waals surface area contributed by atoms with E-state index in [1.54, 1.807) is 0 Å². The zero-order valence-corrected chi connectivity index (χ0v) is 12.3. The van der Waals surface area contributed by atoms with Gasteiger partial charge in [-0.05, 0) is 18.9 Å². The molecule has 2 N–H and O–H groups in total. The molecule has 0 aliphatic heterocycles. The molecule has 3 heteroatoms. The van der Waals surface area contributed by atoms with Gasteiger partial charge >= 0.3 is 0 Å². The van der Waals surface area contributed by atoms with E-state index in [0.717, 1.165) is 19.4 Å². The third-order valence-electron chi connectivity index (χ3n) is 3.32. The molecule has 0 radical (unpaired) electrons. The van der Waals surface area contributed by atoms with E-state index in [9.17, 15) is 4.79 Å². The van der Waals surface area contributed by atoms with Gasteiger partial charge in [0.15, 0.2) is 0 Å². The van der Waals surface area contributed by atoms with Crippen LogP contribution in [0, 0.1) is 0 Å². The van der Waals surface area contributed by atoms with E-state index in [1.807, 2.05) is 0 Å². The van der Waals surface area contributed by atoms with Gasteiger partial charge in [-0.25, -0.2) is 0 Å². The zero-order chi connectivity index (χ0) is 14.2. The Kier molecular flexibility index (Phi) is 14.6. The zero-order valence-electron chi connectivity index (χ0n) is 12.3. The van der Waals surface area contributed by atoms with E-state index in [-0.39, 0.29) is 5.91 Å². The van der Waals surface area contributed by atoms with Crippen molar-refractivity contribution in [1.29, 1.82) is 0 Å². The Morgan fingerprint density at radius 2 is 1.26 bits per heavy atom. The third-order valence-corrected chi connectivity index (χ3v) is 3.32. The van der Waals surface area contributed by atoms with Crippen LogP contribution < -0.4 is 5.32 Å². The second-order valence-corrected chi connectivity index (χ2v) is 5.11. The first kappa shape index (κ1) is 18.2. The molecule has 19 heavy (non-hydrogen) atoms. The number of aliphatic hydroxyl groups excluding tert-OH is 1. The molecule has 0 rings (SSSR count). The molecule has 0 saturated heterocycles. The number of aliphatic hydroxyl groups is 1. The van der Waals surface area contributed by atoms with Gasteiger partial charge in [-0.2, -0.15) is 0 Å². The number of nitrogens with one attached hydrogen (secondary N) is 1. The van der Waals surface area contributed by atoms with Crippen LogP contribution in [0.2, 0.25) is 0 Å². The highest BCUT2D eigenvalue weighted by Gasteiger charge is 1.95. The number of unbranched alkanes of at least 4 members (excludes halogenated alkanes) is 10. The van der Waals surface area contributed by atoms with E-state index in [4.69, 9.17) is 5.11 Å². The molecule has 0 unspecified atom stereocenters. The Morgan fingerprint density at radius 3 is 1.68 bits per heavy atom. The fourth-order valence-corrected chi connectivity index (χ4v) is 2.11. The summed E-state index contributed by atoms with van der Waals surface area (Å²) < 4.78 is 0. The topological polar surface area (TPSA) is 49.3 Å². The van der Waals surface area contributed by atoms with Crippen molar-refractivity contribution in [2.75, 3.05) is 13.2 Å². The number of carbonyl (C=O) groups is 1. The van der Waals surface area contributed by atoms with E-state index < -0.39 is 0 Å². The average molecular weight is 269 g/mol. The summed E-state index contributed by atoms with van der Waals surface area (Å²) in [4.78, 5) is 10.9. The Balaban J connectivity index is 2.99. The maximum Gasteiger partial charge on any atom is 0.243 e. The number of hydrogen-bond acceptors (Lipinski definition) is 2. The minimum Gasteiger partial charge on any atom is -0.396 e. The van der Waals surface area contributed by atoms with Gasteiger partial charge in [0.25, 0.3) is 0 Å². The molecule has 0 aromatic rings. The molecule has 0 aromatic heterocycles. The van der Waals surface area contributed by atoms with Crippen LogP contribution in [0.5, 0.6) is 0 Å². The van der Waals surface area contributed by atoms with Crippen molar-refractivity contribution < 1.29 is 9.90 Å². The van der Waals surface area contributed by atoms with Crippen LogP contribution in [0.3, 0.4) is 0 Å². The lowest BCUT2D eigenvalue weighted by Crippen LogP contribution is -2.21.